The maximum atomic E-state index is 9.87. The van der Waals surface area contributed by atoms with Crippen LogP contribution in [0.3, 0.4) is 0 Å². The van der Waals surface area contributed by atoms with Crippen molar-refractivity contribution in [2.45, 2.75) is 32.6 Å². The van der Waals surface area contributed by atoms with Gasteiger partial charge in [-0.1, -0.05) is 19.8 Å². The first kappa shape index (κ1) is 11.8. The maximum Gasteiger partial charge on any atom is 0.303 e. The zero-order valence-electron chi connectivity index (χ0n) is 5.89. The van der Waals surface area contributed by atoms with E-state index in [1.165, 1.54) is 0 Å². The average molecular weight is 182 g/mol. The van der Waals surface area contributed by atoms with E-state index in [4.69, 9.17) is 5.11 Å². The molecule has 50 valence electrons. The third-order valence-corrected chi connectivity index (χ3v) is 0.994. The minimum Gasteiger partial charge on any atom is -0.481 e. The van der Waals surface area contributed by atoms with Crippen molar-refractivity contribution in [3.05, 3.63) is 0 Å². The summed E-state index contributed by atoms with van der Waals surface area (Å²) in [6.45, 7) is 2.06. The third kappa shape index (κ3) is 11.6. The Labute approximate surface area is 68.4 Å². The van der Waals surface area contributed by atoms with Crippen molar-refractivity contribution < 1.29 is 29.4 Å². The van der Waals surface area contributed by atoms with Crippen molar-refractivity contribution in [2.24, 2.45) is 0 Å². The summed E-state index contributed by atoms with van der Waals surface area (Å²) in [4.78, 5) is 9.87. The summed E-state index contributed by atoms with van der Waals surface area (Å²) < 4.78 is 0. The van der Waals surface area contributed by atoms with E-state index in [-0.39, 0.29) is 19.5 Å². The Hall–Kier alpha value is 0.0934. The molecule has 0 spiro atoms. The van der Waals surface area contributed by atoms with Gasteiger partial charge in [0.2, 0.25) is 0 Å². The number of rotatable bonds is 4. The van der Waals surface area contributed by atoms with Crippen molar-refractivity contribution in [1.29, 1.82) is 0 Å². The molecule has 1 N–H and O–H groups in total. The number of carboxylic acid groups (broad SMARTS) is 1. The zero-order valence-corrected chi connectivity index (χ0v) is 8.86. The van der Waals surface area contributed by atoms with E-state index in [0.717, 1.165) is 19.3 Å². The van der Waals surface area contributed by atoms with Gasteiger partial charge < -0.3 is 5.11 Å². The van der Waals surface area contributed by atoms with Crippen LogP contribution in [0.15, 0.2) is 0 Å². The normalized spacial score (nSPS) is 8.11. The van der Waals surface area contributed by atoms with Crippen LogP contribution in [-0.4, -0.2) is 11.1 Å². The second kappa shape index (κ2) is 8.09. The van der Waals surface area contributed by atoms with Crippen molar-refractivity contribution in [3.63, 3.8) is 0 Å². The van der Waals surface area contributed by atoms with Crippen molar-refractivity contribution in [1.82, 2.24) is 0 Å². The van der Waals surface area contributed by atoms with Crippen LogP contribution in [0.25, 0.3) is 0 Å². The van der Waals surface area contributed by atoms with Gasteiger partial charge in [-0.2, -0.15) is 0 Å². The van der Waals surface area contributed by atoms with E-state index in [0.29, 0.717) is 6.42 Å². The van der Waals surface area contributed by atoms with Gasteiger partial charge in [-0.3, -0.25) is 4.79 Å². The fourth-order valence-electron chi connectivity index (χ4n) is 0.526. The van der Waals surface area contributed by atoms with Crippen molar-refractivity contribution in [2.75, 3.05) is 0 Å². The SMILES string of the molecule is CCCCCC(=O)O.[Zn]. The molecule has 0 heterocycles. The standard InChI is InChI=1S/C6H12O2.Zn/c1-2-3-4-5-6(7)8;/h2-5H2,1H3,(H,7,8);. The molecule has 0 fully saturated rings. The van der Waals surface area contributed by atoms with E-state index in [1.54, 1.807) is 0 Å². The first-order chi connectivity index (χ1) is 3.77. The molecule has 0 saturated carbocycles. The molecule has 2 nitrogen and oxygen atoms in total. The Bertz CT molecular complexity index is 73.5. The summed E-state index contributed by atoms with van der Waals surface area (Å²) in [6, 6.07) is 0. The molecule has 0 aliphatic rings. The molecular formula is C6H12O2Zn. The van der Waals surface area contributed by atoms with E-state index in [9.17, 15) is 4.79 Å². The van der Waals surface area contributed by atoms with Gasteiger partial charge in [0.05, 0.1) is 0 Å². The Balaban J connectivity index is 0. The van der Waals surface area contributed by atoms with Gasteiger partial charge in [-0.05, 0) is 6.42 Å². The molecule has 0 radical (unpaired) electrons. The molecule has 0 aliphatic carbocycles. The molecule has 0 saturated heterocycles. The number of carbonyl (C=O) groups is 1. The van der Waals surface area contributed by atoms with E-state index in [1.807, 2.05) is 0 Å². The molecule has 0 aromatic heterocycles. The Kier molecular flexibility index (Phi) is 10.6. The summed E-state index contributed by atoms with van der Waals surface area (Å²) in [7, 11) is 0. The smallest absolute Gasteiger partial charge is 0.303 e. The first-order valence-electron chi connectivity index (χ1n) is 2.99. The van der Waals surface area contributed by atoms with Crippen LogP contribution in [0.5, 0.6) is 0 Å². The topological polar surface area (TPSA) is 37.3 Å². The number of unbranched alkanes of at least 4 members (excludes halogenated alkanes) is 2. The van der Waals surface area contributed by atoms with Crippen LogP contribution in [0.1, 0.15) is 32.6 Å². The zero-order chi connectivity index (χ0) is 6.41. The van der Waals surface area contributed by atoms with Crippen LogP contribution >= 0.6 is 0 Å². The van der Waals surface area contributed by atoms with Crippen LogP contribution < -0.4 is 0 Å². The molecule has 9 heavy (non-hydrogen) atoms. The van der Waals surface area contributed by atoms with Gasteiger partial charge in [0.25, 0.3) is 0 Å². The summed E-state index contributed by atoms with van der Waals surface area (Å²) >= 11 is 0. The molecule has 0 unspecified atom stereocenters. The molecular weight excluding hydrogens is 169 g/mol. The molecule has 0 aliphatic heterocycles. The van der Waals surface area contributed by atoms with Crippen molar-refractivity contribution >= 4 is 5.97 Å². The van der Waals surface area contributed by atoms with Gasteiger partial charge in [-0.25, -0.2) is 0 Å². The minimum atomic E-state index is -0.682. The van der Waals surface area contributed by atoms with Gasteiger partial charge in [0.15, 0.2) is 0 Å². The Morgan fingerprint density at radius 1 is 1.44 bits per heavy atom. The van der Waals surface area contributed by atoms with Crippen LogP contribution in [0.2, 0.25) is 0 Å². The molecule has 3 heteroatoms. The fraction of sp³-hybridized carbons (Fsp3) is 0.833. The van der Waals surface area contributed by atoms with Gasteiger partial charge in [-0.15, -0.1) is 0 Å². The van der Waals surface area contributed by atoms with Gasteiger partial charge in [0.1, 0.15) is 0 Å². The van der Waals surface area contributed by atoms with Crippen LogP contribution in [-0.2, 0) is 24.3 Å². The molecule has 0 atom stereocenters. The molecule has 0 amide bonds. The quantitative estimate of drug-likeness (QED) is 0.529. The largest absolute Gasteiger partial charge is 0.481 e. The first-order valence-corrected chi connectivity index (χ1v) is 2.99. The van der Waals surface area contributed by atoms with E-state index < -0.39 is 5.97 Å². The minimum absolute atomic E-state index is 0. The molecule has 0 rings (SSSR count). The van der Waals surface area contributed by atoms with Gasteiger partial charge in [0, 0.05) is 25.9 Å². The molecule has 0 aromatic carbocycles. The van der Waals surface area contributed by atoms with Crippen molar-refractivity contribution in [3.8, 4) is 0 Å². The number of hydrogen-bond donors (Lipinski definition) is 1. The summed E-state index contributed by atoms with van der Waals surface area (Å²) in [5.74, 6) is -0.682. The van der Waals surface area contributed by atoms with Crippen LogP contribution in [0.4, 0.5) is 0 Å². The van der Waals surface area contributed by atoms with E-state index in [2.05, 4.69) is 6.92 Å². The predicted octanol–water partition coefficient (Wildman–Crippen LogP) is 1.65. The number of carboxylic acids is 1. The summed E-state index contributed by atoms with van der Waals surface area (Å²) in [5, 5.41) is 8.14. The summed E-state index contributed by atoms with van der Waals surface area (Å²) in [6.07, 6.45) is 3.28. The predicted molar refractivity (Wildman–Crippen MR) is 31.8 cm³/mol. The molecule has 0 aromatic rings. The Morgan fingerprint density at radius 3 is 2.33 bits per heavy atom. The maximum absolute atomic E-state index is 9.87. The average Bonchev–Trinajstić information content (AvgIpc) is 1.66. The summed E-state index contributed by atoms with van der Waals surface area (Å²) in [5.41, 5.74) is 0. The monoisotopic (exact) mass is 180 g/mol. The van der Waals surface area contributed by atoms with E-state index >= 15 is 0 Å². The molecule has 0 bridgehead atoms. The third-order valence-electron chi connectivity index (χ3n) is 0.994. The second-order valence-corrected chi connectivity index (χ2v) is 1.85. The fourth-order valence-corrected chi connectivity index (χ4v) is 0.526. The van der Waals surface area contributed by atoms with Crippen LogP contribution in [0, 0.1) is 0 Å². The van der Waals surface area contributed by atoms with Gasteiger partial charge >= 0.3 is 5.97 Å². The Morgan fingerprint density at radius 2 is 2.00 bits per heavy atom. The number of aliphatic carboxylic acids is 1. The second-order valence-electron chi connectivity index (χ2n) is 1.85. The number of hydrogen-bond acceptors (Lipinski definition) is 1.